The topological polar surface area (TPSA) is 186 Å². The van der Waals surface area contributed by atoms with Gasteiger partial charge in [0, 0.05) is 42.1 Å². The summed E-state index contributed by atoms with van der Waals surface area (Å²) in [6, 6.07) is 0.963. The van der Waals surface area contributed by atoms with Crippen molar-refractivity contribution in [2.75, 3.05) is 62.3 Å². The van der Waals surface area contributed by atoms with Crippen LogP contribution in [-0.2, 0) is 9.47 Å². The highest BCUT2D eigenvalue weighted by Gasteiger charge is 2.20. The van der Waals surface area contributed by atoms with Crippen LogP contribution in [0.25, 0.3) is 0 Å². The largest absolute Gasteiger partial charge is 0.475 e. The standard InChI is InChI=1S/C11H16N2O3.C9H12N2O3.C6H6BrNO3.C5H11N/c1-2-15-10(14)9-8-12-11(16-9)13-6-4-3-5-7-13;12-8(13)7-6-10-9(14-7)11-4-2-1-3-5-11;1-2-10-5(9)4-3-8-6(7)11-4;1-2-4-6-5-3-1/h8H,2-7H2,1H3;6H,1-5H2,(H,12,13);3H,2H2,1H3;6H,1-5H2. The summed E-state index contributed by atoms with van der Waals surface area (Å²) >= 11 is 2.97. The molecule has 0 aliphatic carbocycles. The number of carboxylic acids is 1. The smallest absolute Gasteiger partial charge is 0.376 e. The maximum atomic E-state index is 11.4. The van der Waals surface area contributed by atoms with Crippen molar-refractivity contribution < 1.29 is 42.2 Å². The van der Waals surface area contributed by atoms with Crippen LogP contribution in [0.3, 0.4) is 0 Å². The van der Waals surface area contributed by atoms with Gasteiger partial charge in [0.1, 0.15) is 0 Å². The Balaban J connectivity index is 0.000000178. The molecule has 2 N–H and O–H groups in total. The number of ether oxygens (including phenoxy) is 2. The number of halogens is 1. The highest BCUT2D eigenvalue weighted by Crippen LogP contribution is 2.20. The number of hydrogen-bond donors (Lipinski definition) is 2. The van der Waals surface area contributed by atoms with Crippen LogP contribution in [0, 0.1) is 0 Å². The molecule has 0 atom stereocenters. The molecule has 3 aliphatic heterocycles. The molecule has 0 amide bonds. The molecule has 6 rings (SSSR count). The molecule has 0 aromatic carbocycles. The van der Waals surface area contributed by atoms with Gasteiger partial charge in [0.15, 0.2) is 0 Å². The Hall–Kier alpha value is -3.92. The van der Waals surface area contributed by atoms with Crippen LogP contribution in [0.1, 0.15) is 103 Å². The molecule has 3 aromatic rings. The number of carbonyl (C=O) groups is 3. The second-order valence-electron chi connectivity index (χ2n) is 10.6. The minimum Gasteiger partial charge on any atom is -0.475 e. The molecule has 0 saturated carbocycles. The first-order chi connectivity index (χ1) is 22.8. The minimum atomic E-state index is -1.07. The number of nitrogens with zero attached hydrogens (tertiary/aromatic N) is 5. The van der Waals surface area contributed by atoms with Gasteiger partial charge in [-0.15, -0.1) is 0 Å². The van der Waals surface area contributed by atoms with Crippen molar-refractivity contribution in [3.63, 3.8) is 0 Å². The molecule has 6 heterocycles. The molecule has 0 bridgehead atoms. The summed E-state index contributed by atoms with van der Waals surface area (Å²) in [5.41, 5.74) is 0. The number of carboxylic acid groups (broad SMARTS) is 1. The number of rotatable bonds is 7. The number of aromatic carboxylic acids is 1. The lowest BCUT2D eigenvalue weighted by molar-refractivity contribution is 0.0481. The molecular formula is C31H45BrN6O9. The number of aromatic nitrogens is 3. The number of piperidine rings is 3. The second kappa shape index (κ2) is 21.1. The molecule has 16 heteroatoms. The molecule has 0 radical (unpaired) electrons. The quantitative estimate of drug-likeness (QED) is 0.287. The predicted molar refractivity (Wildman–Crippen MR) is 175 cm³/mol. The van der Waals surface area contributed by atoms with Crippen molar-refractivity contribution >= 4 is 45.9 Å². The van der Waals surface area contributed by atoms with Gasteiger partial charge in [0.2, 0.25) is 17.3 Å². The summed E-state index contributed by atoms with van der Waals surface area (Å²) in [5, 5.41) is 11.9. The number of anilines is 2. The lowest BCUT2D eigenvalue weighted by Gasteiger charge is -2.24. The monoisotopic (exact) mass is 724 g/mol. The van der Waals surface area contributed by atoms with Crippen molar-refractivity contribution in [3.8, 4) is 0 Å². The third-order valence-electron chi connectivity index (χ3n) is 7.09. The molecule has 3 aromatic heterocycles. The van der Waals surface area contributed by atoms with Crippen molar-refractivity contribution in [2.45, 2.75) is 71.6 Å². The Morgan fingerprint density at radius 2 is 1.13 bits per heavy atom. The van der Waals surface area contributed by atoms with Crippen molar-refractivity contribution in [3.05, 3.63) is 40.7 Å². The van der Waals surface area contributed by atoms with E-state index in [1.807, 2.05) is 4.90 Å². The summed E-state index contributed by atoms with van der Waals surface area (Å²) < 4.78 is 24.8. The third kappa shape index (κ3) is 13.4. The summed E-state index contributed by atoms with van der Waals surface area (Å²) in [5.74, 6) is -1.81. The number of esters is 2. The maximum Gasteiger partial charge on any atom is 0.376 e. The van der Waals surface area contributed by atoms with E-state index < -0.39 is 17.9 Å². The molecule has 3 fully saturated rings. The molecule has 260 valence electrons. The van der Waals surface area contributed by atoms with Crippen LogP contribution in [0.4, 0.5) is 12.0 Å². The average molecular weight is 726 g/mol. The molecule has 0 unspecified atom stereocenters. The first kappa shape index (κ1) is 37.5. The van der Waals surface area contributed by atoms with Crippen LogP contribution >= 0.6 is 15.9 Å². The summed E-state index contributed by atoms with van der Waals surface area (Å²) in [6.45, 7) is 10.4. The van der Waals surface area contributed by atoms with Crippen LogP contribution < -0.4 is 15.1 Å². The molecular weight excluding hydrogens is 680 g/mol. The number of hydrogen-bond acceptors (Lipinski definition) is 14. The van der Waals surface area contributed by atoms with Crippen LogP contribution in [-0.4, -0.2) is 90.4 Å². The van der Waals surface area contributed by atoms with Crippen LogP contribution in [0.15, 0.2) is 36.6 Å². The lowest BCUT2D eigenvalue weighted by atomic mass is 10.1. The Kier molecular flexibility index (Phi) is 16.8. The first-order valence-corrected chi connectivity index (χ1v) is 16.9. The van der Waals surface area contributed by atoms with E-state index in [0.29, 0.717) is 25.2 Å². The van der Waals surface area contributed by atoms with E-state index in [2.05, 4.69) is 45.8 Å². The van der Waals surface area contributed by atoms with Gasteiger partial charge >= 0.3 is 17.9 Å². The van der Waals surface area contributed by atoms with Gasteiger partial charge in [-0.2, -0.15) is 0 Å². The Bertz CT molecular complexity index is 1330. The number of oxazole rings is 3. The van der Waals surface area contributed by atoms with Crippen LogP contribution in [0.5, 0.6) is 0 Å². The number of carbonyl (C=O) groups excluding carboxylic acids is 2. The van der Waals surface area contributed by atoms with E-state index in [1.54, 1.807) is 13.8 Å². The third-order valence-corrected chi connectivity index (χ3v) is 7.46. The summed E-state index contributed by atoms with van der Waals surface area (Å²) in [7, 11) is 0. The van der Waals surface area contributed by atoms with Crippen LogP contribution in [0.2, 0.25) is 0 Å². The Morgan fingerprint density at radius 3 is 1.49 bits per heavy atom. The van der Waals surface area contributed by atoms with Crippen molar-refractivity contribution in [2.24, 2.45) is 0 Å². The van der Waals surface area contributed by atoms with E-state index in [4.69, 9.17) is 23.1 Å². The Labute approximate surface area is 282 Å². The highest BCUT2D eigenvalue weighted by atomic mass is 79.9. The van der Waals surface area contributed by atoms with Crippen molar-refractivity contribution in [1.29, 1.82) is 0 Å². The Morgan fingerprint density at radius 1 is 0.702 bits per heavy atom. The highest BCUT2D eigenvalue weighted by molar-refractivity contribution is 9.10. The second-order valence-corrected chi connectivity index (χ2v) is 11.3. The van der Waals surface area contributed by atoms with Gasteiger partial charge in [-0.1, -0.05) is 6.42 Å². The number of nitrogens with one attached hydrogen (secondary N) is 1. The molecule has 15 nitrogen and oxygen atoms in total. The first-order valence-electron chi connectivity index (χ1n) is 16.1. The summed E-state index contributed by atoms with van der Waals surface area (Å²) in [4.78, 5) is 48.8. The van der Waals surface area contributed by atoms with Gasteiger partial charge in [-0.3, -0.25) is 0 Å². The van der Waals surface area contributed by atoms with Gasteiger partial charge in [-0.05, 0) is 78.3 Å². The zero-order chi connectivity index (χ0) is 33.9. The van der Waals surface area contributed by atoms with E-state index in [0.717, 1.165) is 51.9 Å². The molecule has 3 aliphatic rings. The average Bonchev–Trinajstić information content (AvgIpc) is 3.90. The van der Waals surface area contributed by atoms with E-state index in [1.165, 1.54) is 63.8 Å². The van der Waals surface area contributed by atoms with Gasteiger partial charge in [0.25, 0.3) is 16.8 Å². The summed E-state index contributed by atoms with van der Waals surface area (Å²) in [6.07, 6.45) is 15.2. The van der Waals surface area contributed by atoms with Crippen molar-refractivity contribution in [1.82, 2.24) is 20.3 Å². The zero-order valence-corrected chi connectivity index (χ0v) is 28.7. The SMILES string of the molecule is C1CCNCC1.CCOC(=O)c1cnc(Br)o1.CCOC(=O)c1cnc(N2CCCCC2)o1.O=C(O)c1cnc(N2CCCCC2)o1. The zero-order valence-electron chi connectivity index (χ0n) is 27.1. The predicted octanol–water partition coefficient (Wildman–Crippen LogP) is 5.58. The molecule has 0 spiro atoms. The van der Waals surface area contributed by atoms with E-state index >= 15 is 0 Å². The fraction of sp³-hybridized carbons (Fsp3) is 0.613. The minimum absolute atomic E-state index is 0.0921. The van der Waals surface area contributed by atoms with Gasteiger partial charge in [0.05, 0.1) is 31.8 Å². The fourth-order valence-corrected chi connectivity index (χ4v) is 5.02. The molecule has 47 heavy (non-hydrogen) atoms. The van der Waals surface area contributed by atoms with Gasteiger partial charge < -0.3 is 42.9 Å². The fourth-order valence-electron chi connectivity index (χ4n) is 4.74. The van der Waals surface area contributed by atoms with Gasteiger partial charge in [-0.25, -0.2) is 29.3 Å². The lowest BCUT2D eigenvalue weighted by Crippen LogP contribution is -2.29. The molecule has 3 saturated heterocycles. The maximum absolute atomic E-state index is 11.4. The van der Waals surface area contributed by atoms with E-state index in [-0.39, 0.29) is 22.1 Å². The van der Waals surface area contributed by atoms with E-state index in [9.17, 15) is 14.4 Å². The normalized spacial score (nSPS) is 15.9.